The maximum absolute atomic E-state index is 11.9. The maximum atomic E-state index is 11.9. The maximum Gasteiger partial charge on any atom is 0.250 e. The van der Waals surface area contributed by atoms with Gasteiger partial charge in [-0.15, -0.1) is 0 Å². The Balaban J connectivity index is 1.51. The van der Waals surface area contributed by atoms with Gasteiger partial charge in [-0.05, 0) is 54.5 Å². The molecule has 8 heteroatoms. The van der Waals surface area contributed by atoms with Gasteiger partial charge in [0.15, 0.2) is 0 Å². The van der Waals surface area contributed by atoms with E-state index in [9.17, 15) is 4.79 Å². The van der Waals surface area contributed by atoms with Gasteiger partial charge in [0.25, 0.3) is 0 Å². The molecule has 0 saturated carbocycles. The van der Waals surface area contributed by atoms with Gasteiger partial charge in [0.2, 0.25) is 17.8 Å². The lowest BCUT2D eigenvalue weighted by atomic mass is 10.1. The molecule has 1 amide bonds. The molecule has 140 valence electrons. The minimum absolute atomic E-state index is 0.0892. The summed E-state index contributed by atoms with van der Waals surface area (Å²) < 4.78 is 0. The third-order valence-corrected chi connectivity index (χ3v) is 4.56. The van der Waals surface area contributed by atoms with Crippen LogP contribution in [0.3, 0.4) is 0 Å². The molecule has 7 nitrogen and oxygen atoms in total. The Bertz CT molecular complexity index is 1050. The smallest absolute Gasteiger partial charge is 0.250 e. The summed E-state index contributed by atoms with van der Waals surface area (Å²) in [5, 5.41) is 6.90. The first kappa shape index (κ1) is 17.9. The van der Waals surface area contributed by atoms with Crippen LogP contribution in [0.25, 0.3) is 0 Å². The summed E-state index contributed by atoms with van der Waals surface area (Å²) in [5.74, 6) is 0.730. The molecule has 1 aliphatic rings. The van der Waals surface area contributed by atoms with E-state index < -0.39 is 0 Å². The van der Waals surface area contributed by atoms with Gasteiger partial charge in [-0.1, -0.05) is 24.2 Å². The van der Waals surface area contributed by atoms with Gasteiger partial charge < -0.3 is 15.5 Å². The number of halogens is 1. The summed E-state index contributed by atoms with van der Waals surface area (Å²) in [5.41, 5.74) is 3.63. The van der Waals surface area contributed by atoms with Gasteiger partial charge in [-0.2, -0.15) is 4.98 Å². The van der Waals surface area contributed by atoms with E-state index in [-0.39, 0.29) is 5.91 Å². The number of carbonyl (C=O) groups is 1. The molecule has 3 aromatic rings. The predicted octanol–water partition coefficient (Wildman–Crippen LogP) is 4.09. The Morgan fingerprint density at radius 3 is 2.57 bits per heavy atom. The van der Waals surface area contributed by atoms with Gasteiger partial charge in [0, 0.05) is 28.6 Å². The fourth-order valence-electron chi connectivity index (χ4n) is 3.06. The van der Waals surface area contributed by atoms with Gasteiger partial charge in [0.1, 0.15) is 6.33 Å². The van der Waals surface area contributed by atoms with Gasteiger partial charge in [-0.3, -0.25) is 4.79 Å². The Labute approximate surface area is 167 Å². The first-order valence-corrected chi connectivity index (χ1v) is 9.06. The number of anilines is 5. The quantitative estimate of drug-likeness (QED) is 0.636. The number of hydrogen-bond acceptors (Lipinski definition) is 6. The molecule has 0 unspecified atom stereocenters. The largest absolute Gasteiger partial charge is 0.324 e. The van der Waals surface area contributed by atoms with Crippen molar-refractivity contribution in [2.45, 2.75) is 6.42 Å². The highest BCUT2D eigenvalue weighted by molar-refractivity contribution is 6.30. The van der Waals surface area contributed by atoms with E-state index in [1.165, 1.54) is 12.4 Å². The molecule has 1 aliphatic heterocycles. The number of amides is 1. The highest BCUT2D eigenvalue weighted by Crippen LogP contribution is 2.31. The van der Waals surface area contributed by atoms with Crippen LogP contribution in [0.1, 0.15) is 5.56 Å². The molecule has 28 heavy (non-hydrogen) atoms. The van der Waals surface area contributed by atoms with Gasteiger partial charge in [-0.25, -0.2) is 9.97 Å². The molecule has 0 fully saturated rings. The molecular formula is C20H17ClN6O. The first-order valence-electron chi connectivity index (χ1n) is 8.68. The van der Waals surface area contributed by atoms with E-state index in [1.54, 1.807) is 17.0 Å². The minimum Gasteiger partial charge on any atom is -0.324 e. The molecule has 2 aromatic carbocycles. The highest BCUT2D eigenvalue weighted by atomic mass is 35.5. The summed E-state index contributed by atoms with van der Waals surface area (Å²) in [6.07, 6.45) is 3.56. The molecule has 0 spiro atoms. The number of nitrogens with one attached hydrogen (secondary N) is 2. The number of hydrogen-bond donors (Lipinski definition) is 2. The SMILES string of the molecule is C=CC(=O)N1CCc2cc(Nc3ncnc(Nc4cccc(Cl)c4)n3)ccc21. The number of carbonyl (C=O) groups excluding carboxylic acids is 1. The Morgan fingerprint density at radius 1 is 1.11 bits per heavy atom. The van der Waals surface area contributed by atoms with Crippen LogP contribution < -0.4 is 15.5 Å². The van der Waals surface area contributed by atoms with E-state index in [2.05, 4.69) is 32.2 Å². The zero-order chi connectivity index (χ0) is 19.5. The van der Waals surface area contributed by atoms with E-state index in [1.807, 2.05) is 30.3 Å². The molecule has 0 aliphatic carbocycles. The summed E-state index contributed by atoms with van der Waals surface area (Å²) in [6.45, 7) is 4.21. The first-order chi connectivity index (χ1) is 13.6. The van der Waals surface area contributed by atoms with E-state index in [0.717, 1.165) is 29.0 Å². The highest BCUT2D eigenvalue weighted by Gasteiger charge is 2.23. The Morgan fingerprint density at radius 2 is 1.86 bits per heavy atom. The van der Waals surface area contributed by atoms with Crippen LogP contribution in [0, 0.1) is 0 Å². The summed E-state index contributed by atoms with van der Waals surface area (Å²) in [6, 6.07) is 13.1. The van der Waals surface area contributed by atoms with Crippen molar-refractivity contribution < 1.29 is 4.79 Å². The van der Waals surface area contributed by atoms with Crippen LogP contribution in [0.15, 0.2) is 61.4 Å². The third-order valence-electron chi connectivity index (χ3n) is 4.32. The second kappa shape index (κ2) is 7.66. The third kappa shape index (κ3) is 3.79. The molecule has 0 atom stereocenters. The lowest BCUT2D eigenvalue weighted by Gasteiger charge is -2.15. The molecule has 0 bridgehead atoms. The number of rotatable bonds is 5. The normalized spacial score (nSPS) is 12.4. The van der Waals surface area contributed by atoms with Gasteiger partial charge >= 0.3 is 0 Å². The van der Waals surface area contributed by atoms with E-state index in [0.29, 0.717) is 23.5 Å². The van der Waals surface area contributed by atoms with Crippen molar-refractivity contribution in [2.75, 3.05) is 22.1 Å². The number of nitrogens with zero attached hydrogens (tertiary/aromatic N) is 4. The van der Waals surface area contributed by atoms with Crippen molar-refractivity contribution in [3.05, 3.63) is 72.0 Å². The number of aromatic nitrogens is 3. The average Bonchev–Trinajstić information content (AvgIpc) is 3.11. The van der Waals surface area contributed by atoms with Crippen molar-refractivity contribution >= 4 is 46.5 Å². The molecular weight excluding hydrogens is 376 g/mol. The topological polar surface area (TPSA) is 83.0 Å². The van der Waals surface area contributed by atoms with E-state index in [4.69, 9.17) is 11.6 Å². The van der Waals surface area contributed by atoms with Crippen molar-refractivity contribution in [3.8, 4) is 0 Å². The lowest BCUT2D eigenvalue weighted by molar-refractivity contribution is -0.114. The van der Waals surface area contributed by atoms with Crippen molar-refractivity contribution in [1.82, 2.24) is 15.0 Å². The number of fused-ring (bicyclic) bond motifs is 1. The van der Waals surface area contributed by atoms with E-state index >= 15 is 0 Å². The Kier molecular flexibility index (Phi) is 4.90. The second-order valence-corrected chi connectivity index (χ2v) is 6.62. The molecule has 1 aromatic heterocycles. The monoisotopic (exact) mass is 392 g/mol. The second-order valence-electron chi connectivity index (χ2n) is 6.18. The minimum atomic E-state index is -0.0892. The molecule has 2 heterocycles. The molecule has 4 rings (SSSR count). The van der Waals surface area contributed by atoms with Gasteiger partial charge in [0.05, 0.1) is 0 Å². The summed E-state index contributed by atoms with van der Waals surface area (Å²) in [7, 11) is 0. The van der Waals surface area contributed by atoms with Crippen LogP contribution in [0.4, 0.5) is 29.0 Å². The molecule has 2 N–H and O–H groups in total. The fraction of sp³-hybridized carbons (Fsp3) is 0.100. The van der Waals surface area contributed by atoms with Crippen LogP contribution in [-0.4, -0.2) is 27.4 Å². The van der Waals surface area contributed by atoms with Crippen molar-refractivity contribution in [3.63, 3.8) is 0 Å². The van der Waals surface area contributed by atoms with Crippen LogP contribution >= 0.6 is 11.6 Å². The average molecular weight is 393 g/mol. The predicted molar refractivity (Wildman–Crippen MR) is 111 cm³/mol. The zero-order valence-electron chi connectivity index (χ0n) is 14.9. The number of benzene rings is 2. The Hall–Kier alpha value is -3.45. The summed E-state index contributed by atoms with van der Waals surface area (Å²) >= 11 is 6.00. The summed E-state index contributed by atoms with van der Waals surface area (Å²) in [4.78, 5) is 26.3. The zero-order valence-corrected chi connectivity index (χ0v) is 15.6. The molecule has 0 saturated heterocycles. The van der Waals surface area contributed by atoms with Crippen LogP contribution in [0.5, 0.6) is 0 Å². The van der Waals surface area contributed by atoms with Crippen LogP contribution in [0.2, 0.25) is 5.02 Å². The van der Waals surface area contributed by atoms with Crippen LogP contribution in [-0.2, 0) is 11.2 Å². The van der Waals surface area contributed by atoms with Crippen molar-refractivity contribution in [1.29, 1.82) is 0 Å². The standard InChI is InChI=1S/C20H17ClN6O/c1-2-18(28)27-9-8-13-10-16(6-7-17(13)27)25-20-23-12-22-19(26-20)24-15-5-3-4-14(21)11-15/h2-7,10-12H,1,8-9H2,(H2,22,23,24,25,26). The van der Waals surface area contributed by atoms with Crippen molar-refractivity contribution in [2.24, 2.45) is 0 Å². The fourth-order valence-corrected chi connectivity index (χ4v) is 3.25. The molecule has 0 radical (unpaired) electrons. The lowest BCUT2D eigenvalue weighted by Crippen LogP contribution is -2.26.